The number of aliphatic carboxylic acids is 1. The normalized spacial score (nSPS) is 50.4. The fraction of sp³-hybridized carbons (Fsp3) is 0.958. The third kappa shape index (κ3) is 3.16. The number of carboxylic acid groups (broad SMARTS) is 1. The second kappa shape index (κ2) is 7.04. The molecule has 4 aliphatic rings. The van der Waals surface area contributed by atoms with Crippen LogP contribution in [0.25, 0.3) is 0 Å². The highest BCUT2D eigenvalue weighted by Gasteiger charge is 2.60. The summed E-state index contributed by atoms with van der Waals surface area (Å²) in [5.74, 6) is 3.91. The fourth-order valence-corrected chi connectivity index (χ4v) is 8.76. The lowest BCUT2D eigenvalue weighted by Crippen LogP contribution is -2.54. The average Bonchev–Trinajstić information content (AvgIpc) is 2.97. The lowest BCUT2D eigenvalue weighted by atomic mass is 9.44. The van der Waals surface area contributed by atoms with E-state index in [4.69, 9.17) is 5.11 Å². The minimum absolute atomic E-state index is 0.0561. The number of fused-ring (bicyclic) bond motifs is 5. The van der Waals surface area contributed by atoms with Gasteiger partial charge in [0.05, 0.1) is 6.10 Å². The first-order chi connectivity index (χ1) is 12.8. The molecule has 2 N–H and O–H groups in total. The fourth-order valence-electron chi connectivity index (χ4n) is 8.76. The van der Waals surface area contributed by atoms with Crippen LogP contribution >= 0.6 is 0 Å². The molecule has 0 saturated heterocycles. The van der Waals surface area contributed by atoms with Crippen LogP contribution in [-0.4, -0.2) is 22.3 Å². The molecular formula is C24H40O3. The molecule has 154 valence electrons. The van der Waals surface area contributed by atoms with Gasteiger partial charge >= 0.3 is 5.97 Å². The lowest BCUT2D eigenvalue weighted by molar-refractivity contribution is -0.138. The Kier molecular flexibility index (Phi) is 5.15. The van der Waals surface area contributed by atoms with Crippen LogP contribution in [0.1, 0.15) is 91.4 Å². The van der Waals surface area contributed by atoms with Crippen LogP contribution in [0.2, 0.25) is 0 Å². The Morgan fingerprint density at radius 1 is 1.00 bits per heavy atom. The molecular weight excluding hydrogens is 336 g/mol. The summed E-state index contributed by atoms with van der Waals surface area (Å²) in [7, 11) is 0. The van der Waals surface area contributed by atoms with Crippen molar-refractivity contribution in [1.29, 1.82) is 0 Å². The average molecular weight is 377 g/mol. The Labute approximate surface area is 165 Å². The molecule has 0 radical (unpaired) electrons. The van der Waals surface area contributed by atoms with E-state index >= 15 is 0 Å². The summed E-state index contributed by atoms with van der Waals surface area (Å²) in [5, 5.41) is 19.3. The highest BCUT2D eigenvalue weighted by molar-refractivity contribution is 5.66. The third-order valence-corrected chi connectivity index (χ3v) is 10.2. The first-order valence-corrected chi connectivity index (χ1v) is 11.7. The molecule has 3 nitrogen and oxygen atoms in total. The summed E-state index contributed by atoms with van der Waals surface area (Å²) in [6.07, 6.45) is 12.4. The summed E-state index contributed by atoms with van der Waals surface area (Å²) in [6.45, 7) is 7.43. The van der Waals surface area contributed by atoms with Gasteiger partial charge in [0, 0.05) is 6.42 Å². The second-order valence-corrected chi connectivity index (χ2v) is 11.2. The standard InChI is InChI=1S/C24H40O3/c1-15(4-9-22(26)27)19-7-8-20-18-6-5-16-14-17(25)10-12-23(16,2)21(18)11-13-24(19,20)3/h15-21,25H,4-14H2,1-3H3,(H,26,27)/t15-,16?,17-,18?,19-,20+,21?,23?,24?/m1/s1. The molecule has 0 bridgehead atoms. The predicted octanol–water partition coefficient (Wildman–Crippen LogP) is 5.51. The molecule has 0 heterocycles. The number of hydrogen-bond donors (Lipinski definition) is 2. The zero-order valence-electron chi connectivity index (χ0n) is 17.6. The number of carboxylic acids is 1. The van der Waals surface area contributed by atoms with Gasteiger partial charge in [-0.15, -0.1) is 0 Å². The van der Waals surface area contributed by atoms with Gasteiger partial charge in [-0.05, 0) is 111 Å². The van der Waals surface area contributed by atoms with Crippen LogP contribution < -0.4 is 0 Å². The first-order valence-electron chi connectivity index (χ1n) is 11.7. The van der Waals surface area contributed by atoms with Crippen molar-refractivity contribution in [1.82, 2.24) is 0 Å². The van der Waals surface area contributed by atoms with Gasteiger partial charge in [0.2, 0.25) is 0 Å². The van der Waals surface area contributed by atoms with E-state index in [1.165, 1.54) is 44.9 Å². The minimum Gasteiger partial charge on any atom is -0.481 e. The van der Waals surface area contributed by atoms with E-state index in [9.17, 15) is 9.90 Å². The Hall–Kier alpha value is -0.570. The second-order valence-electron chi connectivity index (χ2n) is 11.2. The molecule has 0 aromatic rings. The molecule has 0 amide bonds. The van der Waals surface area contributed by atoms with Crippen molar-refractivity contribution in [3.63, 3.8) is 0 Å². The summed E-state index contributed by atoms with van der Waals surface area (Å²) >= 11 is 0. The highest BCUT2D eigenvalue weighted by Crippen LogP contribution is 2.68. The predicted molar refractivity (Wildman–Crippen MR) is 107 cm³/mol. The third-order valence-electron chi connectivity index (χ3n) is 10.2. The first kappa shape index (κ1) is 19.7. The molecule has 4 rings (SSSR count). The molecule has 5 unspecified atom stereocenters. The van der Waals surface area contributed by atoms with Gasteiger partial charge in [-0.3, -0.25) is 4.79 Å². The smallest absolute Gasteiger partial charge is 0.303 e. The monoisotopic (exact) mass is 376 g/mol. The summed E-state index contributed by atoms with van der Waals surface area (Å²) in [5.41, 5.74) is 0.882. The molecule has 27 heavy (non-hydrogen) atoms. The molecule has 9 atom stereocenters. The van der Waals surface area contributed by atoms with E-state index < -0.39 is 5.97 Å². The molecule has 0 spiro atoms. The van der Waals surface area contributed by atoms with Crippen molar-refractivity contribution in [3.05, 3.63) is 0 Å². The van der Waals surface area contributed by atoms with Crippen LogP contribution in [0.5, 0.6) is 0 Å². The van der Waals surface area contributed by atoms with Gasteiger partial charge in [-0.2, -0.15) is 0 Å². The Balaban J connectivity index is 1.51. The molecule has 0 aromatic heterocycles. The Morgan fingerprint density at radius 2 is 1.70 bits per heavy atom. The van der Waals surface area contributed by atoms with Gasteiger partial charge in [-0.1, -0.05) is 20.8 Å². The zero-order valence-corrected chi connectivity index (χ0v) is 17.6. The van der Waals surface area contributed by atoms with Gasteiger partial charge in [0.1, 0.15) is 0 Å². The van der Waals surface area contributed by atoms with Crippen molar-refractivity contribution in [2.75, 3.05) is 0 Å². The molecule has 0 aromatic carbocycles. The quantitative estimate of drug-likeness (QED) is 0.680. The van der Waals surface area contributed by atoms with Crippen molar-refractivity contribution >= 4 is 5.97 Å². The molecule has 4 aliphatic carbocycles. The molecule has 4 saturated carbocycles. The van der Waals surface area contributed by atoms with E-state index in [1.54, 1.807) is 0 Å². The van der Waals surface area contributed by atoms with Crippen LogP contribution in [0, 0.1) is 46.3 Å². The summed E-state index contributed by atoms with van der Waals surface area (Å²) < 4.78 is 0. The summed E-state index contributed by atoms with van der Waals surface area (Å²) in [6, 6.07) is 0. The van der Waals surface area contributed by atoms with Gasteiger partial charge in [0.25, 0.3) is 0 Å². The number of aliphatic hydroxyl groups excluding tert-OH is 1. The van der Waals surface area contributed by atoms with Crippen LogP contribution in [-0.2, 0) is 4.79 Å². The van der Waals surface area contributed by atoms with Crippen LogP contribution in [0.3, 0.4) is 0 Å². The number of aliphatic hydroxyl groups is 1. The Bertz CT molecular complexity index is 574. The highest BCUT2D eigenvalue weighted by atomic mass is 16.4. The number of rotatable bonds is 4. The maximum absolute atomic E-state index is 11.0. The molecule has 4 fully saturated rings. The van der Waals surface area contributed by atoms with Gasteiger partial charge in [-0.25, -0.2) is 0 Å². The molecule has 3 heteroatoms. The van der Waals surface area contributed by atoms with Gasteiger partial charge in [0.15, 0.2) is 0 Å². The van der Waals surface area contributed by atoms with E-state index in [0.717, 1.165) is 42.9 Å². The minimum atomic E-state index is -0.643. The lowest BCUT2D eigenvalue weighted by Gasteiger charge is -2.61. The largest absolute Gasteiger partial charge is 0.481 e. The van der Waals surface area contributed by atoms with E-state index in [1.807, 2.05) is 0 Å². The van der Waals surface area contributed by atoms with Crippen molar-refractivity contribution in [3.8, 4) is 0 Å². The topological polar surface area (TPSA) is 57.5 Å². The van der Waals surface area contributed by atoms with Crippen molar-refractivity contribution < 1.29 is 15.0 Å². The van der Waals surface area contributed by atoms with E-state index in [-0.39, 0.29) is 6.10 Å². The van der Waals surface area contributed by atoms with Crippen molar-refractivity contribution in [2.45, 2.75) is 97.5 Å². The maximum Gasteiger partial charge on any atom is 0.303 e. The molecule has 0 aliphatic heterocycles. The van der Waals surface area contributed by atoms with Gasteiger partial charge < -0.3 is 10.2 Å². The van der Waals surface area contributed by atoms with Crippen molar-refractivity contribution in [2.24, 2.45) is 46.3 Å². The maximum atomic E-state index is 11.0. The van der Waals surface area contributed by atoms with Crippen LogP contribution in [0.4, 0.5) is 0 Å². The number of carbonyl (C=O) groups is 1. The number of hydrogen-bond acceptors (Lipinski definition) is 2. The van der Waals surface area contributed by atoms with Crippen LogP contribution in [0.15, 0.2) is 0 Å². The SMILES string of the molecule is C[C@H](CCC(=O)O)[C@H]1CC[C@H]2C3CCC4C[C@H](O)CCC4(C)C3CCC12C. The Morgan fingerprint density at radius 3 is 2.44 bits per heavy atom. The summed E-state index contributed by atoms with van der Waals surface area (Å²) in [4.78, 5) is 11.0. The zero-order chi connectivity index (χ0) is 19.4. The van der Waals surface area contributed by atoms with E-state index in [2.05, 4.69) is 20.8 Å². The van der Waals surface area contributed by atoms with E-state index in [0.29, 0.717) is 29.1 Å².